The summed E-state index contributed by atoms with van der Waals surface area (Å²) in [5, 5.41) is 2.58. The highest BCUT2D eigenvalue weighted by Gasteiger charge is 2.33. The van der Waals surface area contributed by atoms with Gasteiger partial charge in [0.2, 0.25) is 11.8 Å². The molecule has 37 heavy (non-hydrogen) atoms. The van der Waals surface area contributed by atoms with Gasteiger partial charge in [0.15, 0.2) is 0 Å². The number of anilines is 1. The highest BCUT2D eigenvalue weighted by atomic mass is 32.2. The quantitative estimate of drug-likeness (QED) is 0.414. The van der Waals surface area contributed by atoms with E-state index in [1.54, 1.807) is 68.6 Å². The summed E-state index contributed by atoms with van der Waals surface area (Å²) in [4.78, 5) is 27.8. The van der Waals surface area contributed by atoms with E-state index in [1.165, 1.54) is 24.1 Å². The molecule has 196 valence electrons. The Kier molecular flexibility index (Phi) is 9.30. The van der Waals surface area contributed by atoms with Gasteiger partial charge in [-0.25, -0.2) is 8.42 Å². The Morgan fingerprint density at radius 2 is 1.57 bits per heavy atom. The van der Waals surface area contributed by atoms with Crippen molar-refractivity contribution in [2.45, 2.75) is 37.8 Å². The van der Waals surface area contributed by atoms with Crippen molar-refractivity contribution in [2.24, 2.45) is 0 Å². The van der Waals surface area contributed by atoms with Crippen LogP contribution >= 0.6 is 0 Å². The van der Waals surface area contributed by atoms with Crippen molar-refractivity contribution in [1.29, 1.82) is 0 Å². The predicted octanol–water partition coefficient (Wildman–Crippen LogP) is 3.62. The van der Waals surface area contributed by atoms with E-state index in [0.29, 0.717) is 17.9 Å². The fourth-order valence-corrected chi connectivity index (χ4v) is 5.48. The van der Waals surface area contributed by atoms with E-state index in [4.69, 9.17) is 4.74 Å². The van der Waals surface area contributed by atoms with Crippen LogP contribution in [-0.2, 0) is 32.6 Å². The fraction of sp³-hybridized carbons (Fsp3) is 0.286. The first-order valence-electron chi connectivity index (χ1n) is 12.0. The first-order chi connectivity index (χ1) is 17.7. The van der Waals surface area contributed by atoms with Gasteiger partial charge in [0.25, 0.3) is 10.0 Å². The molecule has 0 aliphatic heterocycles. The molecule has 0 fully saturated rings. The lowest BCUT2D eigenvalue weighted by Crippen LogP contribution is -2.50. The lowest BCUT2D eigenvalue weighted by molar-refractivity contribution is -0.139. The maximum Gasteiger partial charge on any atom is 0.264 e. The van der Waals surface area contributed by atoms with Crippen LogP contribution in [0.25, 0.3) is 0 Å². The first kappa shape index (κ1) is 27.7. The summed E-state index contributed by atoms with van der Waals surface area (Å²) < 4.78 is 34.0. The molecular formula is C28H33N3O5S. The average molecular weight is 524 g/mol. The lowest BCUT2D eigenvalue weighted by atomic mass is 10.1. The second-order valence-electron chi connectivity index (χ2n) is 8.47. The van der Waals surface area contributed by atoms with E-state index < -0.39 is 28.5 Å². The van der Waals surface area contributed by atoms with E-state index in [1.807, 2.05) is 19.1 Å². The molecule has 0 unspecified atom stereocenters. The topological polar surface area (TPSA) is 96.0 Å². The second-order valence-corrected chi connectivity index (χ2v) is 10.3. The van der Waals surface area contributed by atoms with Gasteiger partial charge in [-0.2, -0.15) is 0 Å². The third kappa shape index (κ3) is 6.48. The van der Waals surface area contributed by atoms with Gasteiger partial charge in [0.05, 0.1) is 17.7 Å². The van der Waals surface area contributed by atoms with Gasteiger partial charge >= 0.3 is 0 Å². The van der Waals surface area contributed by atoms with Crippen LogP contribution in [0.2, 0.25) is 0 Å². The van der Waals surface area contributed by atoms with Crippen LogP contribution in [0.5, 0.6) is 5.75 Å². The molecule has 0 saturated carbocycles. The number of hydrogen-bond donors (Lipinski definition) is 1. The SMILES string of the molecule is CCc1ccccc1N(CC(=O)N(Cc1ccc(OC)cc1)[C@H](C)C(=O)NC)S(=O)(=O)c1ccccc1. The third-order valence-corrected chi connectivity index (χ3v) is 7.95. The normalized spacial score (nSPS) is 11.9. The van der Waals surface area contributed by atoms with E-state index in [0.717, 1.165) is 15.4 Å². The van der Waals surface area contributed by atoms with Gasteiger partial charge in [0, 0.05) is 13.6 Å². The molecule has 3 rings (SSSR count). The van der Waals surface area contributed by atoms with Crippen molar-refractivity contribution in [3.05, 3.63) is 90.0 Å². The molecule has 0 saturated heterocycles. The van der Waals surface area contributed by atoms with Crippen molar-refractivity contribution >= 4 is 27.5 Å². The molecule has 3 aromatic carbocycles. The molecule has 0 aliphatic carbocycles. The summed E-state index contributed by atoms with van der Waals surface area (Å²) in [6, 6.07) is 21.5. The summed E-state index contributed by atoms with van der Waals surface area (Å²) >= 11 is 0. The van der Waals surface area contributed by atoms with E-state index >= 15 is 0 Å². The van der Waals surface area contributed by atoms with Crippen LogP contribution in [-0.4, -0.2) is 51.9 Å². The number of nitrogens with zero attached hydrogens (tertiary/aromatic N) is 2. The monoisotopic (exact) mass is 523 g/mol. The molecule has 0 aliphatic rings. The Morgan fingerprint density at radius 1 is 0.946 bits per heavy atom. The number of benzene rings is 3. The van der Waals surface area contributed by atoms with Crippen molar-refractivity contribution in [2.75, 3.05) is 25.0 Å². The number of sulfonamides is 1. The minimum absolute atomic E-state index is 0.0785. The molecule has 8 nitrogen and oxygen atoms in total. The summed E-state index contributed by atoms with van der Waals surface area (Å²) in [6.07, 6.45) is 0.579. The van der Waals surface area contributed by atoms with Crippen LogP contribution in [0.3, 0.4) is 0 Å². The Balaban J connectivity index is 2.04. The number of likely N-dealkylation sites (N-methyl/N-ethyl adjacent to an activating group) is 1. The van der Waals surface area contributed by atoms with Crippen LogP contribution in [0.1, 0.15) is 25.0 Å². The smallest absolute Gasteiger partial charge is 0.264 e. The van der Waals surface area contributed by atoms with E-state index in [9.17, 15) is 18.0 Å². The summed E-state index contributed by atoms with van der Waals surface area (Å²) in [5.74, 6) is -0.192. The molecule has 0 aromatic heterocycles. The molecule has 1 atom stereocenters. The summed E-state index contributed by atoms with van der Waals surface area (Å²) in [6.45, 7) is 3.20. The second kappa shape index (κ2) is 12.4. The number of para-hydroxylation sites is 1. The number of methoxy groups -OCH3 is 1. The fourth-order valence-electron chi connectivity index (χ4n) is 4.01. The van der Waals surface area contributed by atoms with E-state index in [-0.39, 0.29) is 17.3 Å². The number of rotatable bonds is 11. The van der Waals surface area contributed by atoms with Crippen LogP contribution < -0.4 is 14.4 Å². The minimum Gasteiger partial charge on any atom is -0.497 e. The van der Waals surface area contributed by atoms with Gasteiger partial charge in [-0.15, -0.1) is 0 Å². The Morgan fingerprint density at radius 3 is 2.16 bits per heavy atom. The molecule has 2 amide bonds. The number of aryl methyl sites for hydroxylation is 1. The predicted molar refractivity (Wildman–Crippen MR) is 144 cm³/mol. The highest BCUT2D eigenvalue weighted by molar-refractivity contribution is 7.92. The standard InChI is InChI=1S/C28H33N3O5S/c1-5-23-11-9-10-14-26(23)31(37(34,35)25-12-7-6-8-13-25)20-27(32)30(21(2)28(33)29-3)19-22-15-17-24(36-4)18-16-22/h6-18,21H,5,19-20H2,1-4H3,(H,29,33)/t21-/m1/s1. The van der Waals surface area contributed by atoms with Crippen LogP contribution in [0.15, 0.2) is 83.8 Å². The van der Waals surface area contributed by atoms with Gasteiger partial charge in [-0.1, -0.05) is 55.5 Å². The van der Waals surface area contributed by atoms with E-state index in [2.05, 4.69) is 5.32 Å². The number of carbonyl (C=O) groups excluding carboxylic acids is 2. The van der Waals surface area contributed by atoms with Crippen molar-refractivity contribution in [3.8, 4) is 5.75 Å². The highest BCUT2D eigenvalue weighted by Crippen LogP contribution is 2.28. The molecular weight excluding hydrogens is 490 g/mol. The Hall–Kier alpha value is -3.85. The third-order valence-electron chi connectivity index (χ3n) is 6.18. The summed E-state index contributed by atoms with van der Waals surface area (Å²) in [5.41, 5.74) is 1.99. The summed E-state index contributed by atoms with van der Waals surface area (Å²) in [7, 11) is -1.02. The van der Waals surface area contributed by atoms with Crippen molar-refractivity contribution < 1.29 is 22.7 Å². The van der Waals surface area contributed by atoms with Gasteiger partial charge < -0.3 is 15.0 Å². The minimum atomic E-state index is -4.08. The van der Waals surface area contributed by atoms with Crippen LogP contribution in [0.4, 0.5) is 5.69 Å². The average Bonchev–Trinajstić information content (AvgIpc) is 2.94. The number of nitrogens with one attached hydrogen (secondary N) is 1. The maximum absolute atomic E-state index is 13.8. The van der Waals surface area contributed by atoms with Gasteiger partial charge in [-0.3, -0.25) is 13.9 Å². The number of hydrogen-bond acceptors (Lipinski definition) is 5. The first-order valence-corrected chi connectivity index (χ1v) is 13.5. The lowest BCUT2D eigenvalue weighted by Gasteiger charge is -2.32. The number of ether oxygens (including phenoxy) is 1. The molecule has 3 aromatic rings. The Labute approximate surface area is 218 Å². The molecule has 0 heterocycles. The zero-order valence-electron chi connectivity index (χ0n) is 21.5. The molecule has 1 N–H and O–H groups in total. The number of carbonyl (C=O) groups is 2. The maximum atomic E-state index is 13.8. The molecule has 0 bridgehead atoms. The number of amides is 2. The largest absolute Gasteiger partial charge is 0.497 e. The zero-order chi connectivity index (χ0) is 27.0. The molecule has 9 heteroatoms. The molecule has 0 spiro atoms. The van der Waals surface area contributed by atoms with Crippen molar-refractivity contribution in [1.82, 2.24) is 10.2 Å². The Bertz CT molecular complexity index is 1310. The van der Waals surface area contributed by atoms with Gasteiger partial charge in [-0.05, 0) is 54.8 Å². The molecule has 0 radical (unpaired) electrons. The van der Waals surface area contributed by atoms with Crippen LogP contribution in [0, 0.1) is 0 Å². The van der Waals surface area contributed by atoms with Crippen molar-refractivity contribution in [3.63, 3.8) is 0 Å². The van der Waals surface area contributed by atoms with Gasteiger partial charge in [0.1, 0.15) is 18.3 Å². The zero-order valence-corrected chi connectivity index (χ0v) is 22.4.